The van der Waals surface area contributed by atoms with Gasteiger partial charge in [0, 0.05) is 12.3 Å². The summed E-state index contributed by atoms with van der Waals surface area (Å²) in [4.78, 5) is 24.5. The van der Waals surface area contributed by atoms with Gasteiger partial charge in [0.15, 0.2) is 0 Å². The minimum Gasteiger partial charge on any atom is -0.497 e. The number of aromatic nitrogens is 2. The predicted molar refractivity (Wildman–Crippen MR) is 107 cm³/mol. The number of carbonyl (C=O) groups is 2. The van der Waals surface area contributed by atoms with Crippen LogP contribution in [0.2, 0.25) is 0 Å². The quantitative estimate of drug-likeness (QED) is 0.619. The molecule has 8 nitrogen and oxygen atoms in total. The van der Waals surface area contributed by atoms with E-state index in [0.29, 0.717) is 34.9 Å². The van der Waals surface area contributed by atoms with E-state index in [0.717, 1.165) is 5.56 Å². The van der Waals surface area contributed by atoms with Crippen LogP contribution in [0.25, 0.3) is 0 Å². The zero-order valence-electron chi connectivity index (χ0n) is 16.3. The second kappa shape index (κ2) is 8.92. The SMILES string of the molecule is COC(=O)c1ccccc1Cn1cc(NC(=O)c2ccc(OC)cc2OC)cn1. The third-order valence-corrected chi connectivity index (χ3v) is 4.30. The van der Waals surface area contributed by atoms with E-state index >= 15 is 0 Å². The van der Waals surface area contributed by atoms with Crippen molar-refractivity contribution in [2.24, 2.45) is 0 Å². The third-order valence-electron chi connectivity index (χ3n) is 4.30. The molecule has 150 valence electrons. The second-order valence-electron chi connectivity index (χ2n) is 6.10. The highest BCUT2D eigenvalue weighted by Gasteiger charge is 2.15. The van der Waals surface area contributed by atoms with E-state index in [9.17, 15) is 9.59 Å². The number of rotatable bonds is 7. The number of hydrogen-bond donors (Lipinski definition) is 1. The van der Waals surface area contributed by atoms with Crippen LogP contribution >= 0.6 is 0 Å². The van der Waals surface area contributed by atoms with E-state index in [-0.39, 0.29) is 5.91 Å². The number of hydrogen-bond acceptors (Lipinski definition) is 6. The van der Waals surface area contributed by atoms with Crippen LogP contribution < -0.4 is 14.8 Å². The van der Waals surface area contributed by atoms with Crippen LogP contribution in [0.3, 0.4) is 0 Å². The molecule has 1 aromatic heterocycles. The Labute approximate surface area is 168 Å². The van der Waals surface area contributed by atoms with E-state index in [1.165, 1.54) is 20.4 Å². The monoisotopic (exact) mass is 395 g/mol. The molecule has 0 aliphatic heterocycles. The van der Waals surface area contributed by atoms with Gasteiger partial charge in [0.2, 0.25) is 0 Å². The molecule has 0 spiro atoms. The number of ether oxygens (including phenoxy) is 3. The van der Waals surface area contributed by atoms with Crippen molar-refractivity contribution in [2.45, 2.75) is 6.54 Å². The molecule has 29 heavy (non-hydrogen) atoms. The van der Waals surface area contributed by atoms with E-state index < -0.39 is 5.97 Å². The summed E-state index contributed by atoms with van der Waals surface area (Å²) in [7, 11) is 4.37. The van der Waals surface area contributed by atoms with Gasteiger partial charge in [-0.05, 0) is 23.8 Å². The standard InChI is InChI=1S/C21H21N3O5/c1-27-16-8-9-18(19(10-16)28-2)20(25)23-15-11-22-24(13-15)12-14-6-4-5-7-17(14)21(26)29-3/h4-11,13H,12H2,1-3H3,(H,23,25). The number of anilines is 1. The molecule has 0 fully saturated rings. The normalized spacial score (nSPS) is 10.3. The summed E-state index contributed by atoms with van der Waals surface area (Å²) in [5.74, 6) is 0.253. The van der Waals surface area contributed by atoms with Crippen molar-refractivity contribution >= 4 is 17.6 Å². The fourth-order valence-corrected chi connectivity index (χ4v) is 2.84. The molecule has 3 aromatic rings. The molecule has 0 aliphatic rings. The Balaban J connectivity index is 1.75. The summed E-state index contributed by atoms with van der Waals surface area (Å²) in [5.41, 5.74) is 2.12. The van der Waals surface area contributed by atoms with Crippen molar-refractivity contribution < 1.29 is 23.8 Å². The van der Waals surface area contributed by atoms with Gasteiger partial charge in [-0.1, -0.05) is 18.2 Å². The number of benzene rings is 2. The van der Waals surface area contributed by atoms with Crippen molar-refractivity contribution in [3.05, 3.63) is 71.5 Å². The zero-order valence-corrected chi connectivity index (χ0v) is 16.3. The fourth-order valence-electron chi connectivity index (χ4n) is 2.84. The van der Waals surface area contributed by atoms with Gasteiger partial charge < -0.3 is 19.5 Å². The number of carbonyl (C=O) groups excluding carboxylic acids is 2. The van der Waals surface area contributed by atoms with Gasteiger partial charge in [-0.15, -0.1) is 0 Å². The van der Waals surface area contributed by atoms with Gasteiger partial charge in [-0.25, -0.2) is 4.79 Å². The number of esters is 1. The van der Waals surface area contributed by atoms with Crippen molar-refractivity contribution in [2.75, 3.05) is 26.6 Å². The lowest BCUT2D eigenvalue weighted by molar-refractivity contribution is 0.0599. The van der Waals surface area contributed by atoms with Gasteiger partial charge in [-0.3, -0.25) is 9.48 Å². The highest BCUT2D eigenvalue weighted by molar-refractivity contribution is 6.06. The molecule has 0 radical (unpaired) electrons. The summed E-state index contributed by atoms with van der Waals surface area (Å²) in [6.07, 6.45) is 3.22. The van der Waals surface area contributed by atoms with Crippen LogP contribution in [0.15, 0.2) is 54.9 Å². The lowest BCUT2D eigenvalue weighted by Gasteiger charge is -2.10. The van der Waals surface area contributed by atoms with Gasteiger partial charge in [-0.2, -0.15) is 5.10 Å². The Morgan fingerprint density at radius 2 is 1.83 bits per heavy atom. The number of methoxy groups -OCH3 is 3. The van der Waals surface area contributed by atoms with Crippen molar-refractivity contribution in [1.29, 1.82) is 0 Å². The first-order chi connectivity index (χ1) is 14.0. The minimum atomic E-state index is -0.409. The molecule has 8 heteroatoms. The maximum absolute atomic E-state index is 12.6. The largest absolute Gasteiger partial charge is 0.497 e. The Bertz CT molecular complexity index is 1030. The molecule has 1 amide bonds. The molecule has 3 rings (SSSR count). The van der Waals surface area contributed by atoms with E-state index in [2.05, 4.69) is 10.4 Å². The molecule has 0 saturated heterocycles. The maximum Gasteiger partial charge on any atom is 0.338 e. The summed E-state index contributed by atoms with van der Waals surface area (Å²) in [6, 6.07) is 12.1. The Morgan fingerprint density at radius 1 is 1.03 bits per heavy atom. The first kappa shape index (κ1) is 19.9. The average Bonchev–Trinajstić information content (AvgIpc) is 3.19. The highest BCUT2D eigenvalue weighted by atomic mass is 16.5. The zero-order chi connectivity index (χ0) is 20.8. The Hall–Kier alpha value is -3.81. The van der Waals surface area contributed by atoms with Crippen molar-refractivity contribution in [3.63, 3.8) is 0 Å². The number of amides is 1. The van der Waals surface area contributed by atoms with Gasteiger partial charge >= 0.3 is 5.97 Å². The summed E-state index contributed by atoms with van der Waals surface area (Å²) in [5, 5.41) is 7.04. The molecule has 0 unspecified atom stereocenters. The Kier molecular flexibility index (Phi) is 6.13. The first-order valence-electron chi connectivity index (χ1n) is 8.77. The van der Waals surface area contributed by atoms with Gasteiger partial charge in [0.1, 0.15) is 11.5 Å². The molecule has 0 aliphatic carbocycles. The van der Waals surface area contributed by atoms with Crippen LogP contribution in [0.4, 0.5) is 5.69 Å². The maximum atomic E-state index is 12.6. The predicted octanol–water partition coefficient (Wildman–Crippen LogP) is 2.99. The molecule has 0 bridgehead atoms. The topological polar surface area (TPSA) is 91.7 Å². The van der Waals surface area contributed by atoms with E-state index in [1.54, 1.807) is 48.3 Å². The molecule has 2 aromatic carbocycles. The van der Waals surface area contributed by atoms with Gasteiger partial charge in [0.05, 0.1) is 50.9 Å². The average molecular weight is 395 g/mol. The fraction of sp³-hybridized carbons (Fsp3) is 0.190. The molecule has 0 atom stereocenters. The Morgan fingerprint density at radius 3 is 2.55 bits per heavy atom. The molecular formula is C21H21N3O5. The lowest BCUT2D eigenvalue weighted by atomic mass is 10.1. The van der Waals surface area contributed by atoms with Crippen molar-refractivity contribution in [1.82, 2.24) is 9.78 Å². The first-order valence-corrected chi connectivity index (χ1v) is 8.77. The smallest absolute Gasteiger partial charge is 0.338 e. The minimum absolute atomic E-state index is 0.334. The van der Waals surface area contributed by atoms with E-state index in [1.807, 2.05) is 12.1 Å². The third kappa shape index (κ3) is 4.55. The molecular weight excluding hydrogens is 374 g/mol. The van der Waals surface area contributed by atoms with Crippen LogP contribution in [-0.4, -0.2) is 43.0 Å². The molecule has 0 saturated carbocycles. The van der Waals surface area contributed by atoms with Crippen LogP contribution in [-0.2, 0) is 11.3 Å². The summed E-state index contributed by atoms with van der Waals surface area (Å²) in [6.45, 7) is 0.354. The van der Waals surface area contributed by atoms with Crippen LogP contribution in [0.5, 0.6) is 11.5 Å². The number of nitrogens with one attached hydrogen (secondary N) is 1. The molecule has 1 N–H and O–H groups in total. The van der Waals surface area contributed by atoms with E-state index in [4.69, 9.17) is 14.2 Å². The second-order valence-corrected chi connectivity index (χ2v) is 6.10. The summed E-state index contributed by atoms with van der Waals surface area (Å²) >= 11 is 0. The summed E-state index contributed by atoms with van der Waals surface area (Å²) < 4.78 is 16.9. The van der Waals surface area contributed by atoms with Crippen molar-refractivity contribution in [3.8, 4) is 11.5 Å². The highest BCUT2D eigenvalue weighted by Crippen LogP contribution is 2.25. The lowest BCUT2D eigenvalue weighted by Crippen LogP contribution is -2.13. The number of nitrogens with zero attached hydrogens (tertiary/aromatic N) is 2. The molecule has 1 heterocycles. The van der Waals surface area contributed by atoms with Crippen LogP contribution in [0, 0.1) is 0 Å². The van der Waals surface area contributed by atoms with Crippen LogP contribution in [0.1, 0.15) is 26.3 Å². The van der Waals surface area contributed by atoms with Gasteiger partial charge in [0.25, 0.3) is 5.91 Å².